The van der Waals surface area contributed by atoms with Crippen LogP contribution in [0.15, 0.2) is 71.6 Å². The Morgan fingerprint density at radius 3 is 2.35 bits per heavy atom. The lowest BCUT2D eigenvalue weighted by Crippen LogP contribution is -2.50. The van der Waals surface area contributed by atoms with Crippen molar-refractivity contribution in [3.8, 4) is 11.5 Å². The van der Waals surface area contributed by atoms with Gasteiger partial charge in [0.2, 0.25) is 0 Å². The Bertz CT molecular complexity index is 1380. The van der Waals surface area contributed by atoms with Crippen LogP contribution in [-0.2, 0) is 21.2 Å². The monoisotopic (exact) mass is 521 g/mol. The average Bonchev–Trinajstić information content (AvgIpc) is 3.37. The van der Waals surface area contributed by atoms with Crippen molar-refractivity contribution in [1.29, 1.82) is 0 Å². The number of anilines is 2. The fraction of sp³-hybridized carbons (Fsp3) is 0.321. The zero-order valence-electron chi connectivity index (χ0n) is 21.1. The largest absolute Gasteiger partial charge is 0.497 e. The summed E-state index contributed by atoms with van der Waals surface area (Å²) >= 11 is 0. The smallest absolute Gasteiger partial charge is 0.264 e. The second kappa shape index (κ2) is 10.3. The molecule has 2 heterocycles. The lowest BCUT2D eigenvalue weighted by atomic mass is 10.2. The summed E-state index contributed by atoms with van der Waals surface area (Å²) in [5.74, 6) is 1.24. The van der Waals surface area contributed by atoms with Crippen LogP contribution in [-0.4, -0.2) is 65.7 Å². The zero-order valence-corrected chi connectivity index (χ0v) is 21.9. The van der Waals surface area contributed by atoms with Crippen molar-refractivity contribution in [3.63, 3.8) is 0 Å². The molecule has 0 unspecified atom stereocenters. The normalized spacial score (nSPS) is 15.5. The van der Waals surface area contributed by atoms with Gasteiger partial charge in [0.25, 0.3) is 15.9 Å². The number of methoxy groups -OCH3 is 1. The standard InChI is InChI=1S/C28H31N3O5S/c1-21-19-25(37(33,34)31-14-13-22-5-3-4-6-26(22)31)11-12-27(21)36-20-28(32)30-17-15-29(16-18-30)23-7-9-24(35-2)10-8-23/h3-12,19H,13-18,20H2,1-2H3. The van der Waals surface area contributed by atoms with Crippen molar-refractivity contribution in [2.75, 3.05) is 55.6 Å². The van der Waals surface area contributed by atoms with Crippen LogP contribution in [0.5, 0.6) is 11.5 Å². The van der Waals surface area contributed by atoms with E-state index >= 15 is 0 Å². The number of hydrogen-bond acceptors (Lipinski definition) is 6. The molecule has 0 aromatic heterocycles. The maximum absolute atomic E-state index is 13.3. The molecule has 3 aromatic rings. The first-order valence-electron chi connectivity index (χ1n) is 12.4. The van der Waals surface area contributed by atoms with Gasteiger partial charge in [-0.1, -0.05) is 18.2 Å². The third kappa shape index (κ3) is 5.09. The molecule has 0 radical (unpaired) electrons. The fourth-order valence-electron chi connectivity index (χ4n) is 4.87. The molecule has 9 heteroatoms. The molecule has 0 N–H and O–H groups in total. The Labute approximate surface area is 218 Å². The van der Waals surface area contributed by atoms with Crippen LogP contribution in [0, 0.1) is 6.92 Å². The van der Waals surface area contributed by atoms with Gasteiger partial charge in [-0.05, 0) is 73.0 Å². The van der Waals surface area contributed by atoms with Crippen molar-refractivity contribution in [2.24, 2.45) is 0 Å². The molecule has 194 valence electrons. The van der Waals surface area contributed by atoms with Gasteiger partial charge in [0.1, 0.15) is 11.5 Å². The van der Waals surface area contributed by atoms with Gasteiger partial charge in [-0.3, -0.25) is 9.10 Å². The minimum absolute atomic E-state index is 0.0841. The predicted octanol–water partition coefficient (Wildman–Crippen LogP) is 3.48. The maximum atomic E-state index is 13.3. The third-order valence-electron chi connectivity index (χ3n) is 7.00. The molecular weight excluding hydrogens is 490 g/mol. The number of amides is 1. The topological polar surface area (TPSA) is 79.4 Å². The van der Waals surface area contributed by atoms with Gasteiger partial charge >= 0.3 is 0 Å². The highest BCUT2D eigenvalue weighted by molar-refractivity contribution is 7.92. The van der Waals surface area contributed by atoms with E-state index in [0.717, 1.165) is 35.8 Å². The van der Waals surface area contributed by atoms with E-state index in [1.165, 1.54) is 4.31 Å². The molecule has 2 aliphatic rings. The van der Waals surface area contributed by atoms with Crippen molar-refractivity contribution in [2.45, 2.75) is 18.2 Å². The van der Waals surface area contributed by atoms with E-state index < -0.39 is 10.0 Å². The SMILES string of the molecule is COc1ccc(N2CCN(C(=O)COc3ccc(S(=O)(=O)N4CCc5ccccc54)cc3C)CC2)cc1. The summed E-state index contributed by atoms with van der Waals surface area (Å²) in [7, 11) is -2.04. The van der Waals surface area contributed by atoms with Crippen LogP contribution in [0.4, 0.5) is 11.4 Å². The van der Waals surface area contributed by atoms with E-state index in [1.54, 1.807) is 37.1 Å². The molecule has 1 amide bonds. The van der Waals surface area contributed by atoms with Crippen molar-refractivity contribution >= 4 is 27.3 Å². The summed E-state index contributed by atoms with van der Waals surface area (Å²) in [6, 6.07) is 20.3. The van der Waals surface area contributed by atoms with Gasteiger partial charge in [-0.15, -0.1) is 0 Å². The van der Waals surface area contributed by atoms with Crippen LogP contribution >= 0.6 is 0 Å². The molecular formula is C28H31N3O5S. The van der Waals surface area contributed by atoms with E-state index in [4.69, 9.17) is 9.47 Å². The molecule has 0 bridgehead atoms. The van der Waals surface area contributed by atoms with E-state index in [9.17, 15) is 13.2 Å². The zero-order chi connectivity index (χ0) is 26.0. The summed E-state index contributed by atoms with van der Waals surface area (Å²) < 4.78 is 39.1. The second-order valence-corrected chi connectivity index (χ2v) is 11.1. The van der Waals surface area contributed by atoms with Crippen molar-refractivity contribution in [3.05, 3.63) is 77.9 Å². The number of hydrogen-bond donors (Lipinski definition) is 0. The summed E-state index contributed by atoms with van der Waals surface area (Å²) in [6.45, 7) is 4.84. The van der Waals surface area contributed by atoms with Gasteiger partial charge in [-0.2, -0.15) is 0 Å². The highest BCUT2D eigenvalue weighted by Crippen LogP contribution is 2.33. The summed E-state index contributed by atoms with van der Waals surface area (Å²) in [6.07, 6.45) is 0.700. The number of ether oxygens (including phenoxy) is 2. The molecule has 5 rings (SSSR count). The minimum atomic E-state index is -3.68. The minimum Gasteiger partial charge on any atom is -0.497 e. The number of piperazine rings is 1. The van der Waals surface area contributed by atoms with E-state index in [-0.39, 0.29) is 17.4 Å². The molecule has 37 heavy (non-hydrogen) atoms. The Morgan fingerprint density at radius 2 is 1.65 bits per heavy atom. The highest BCUT2D eigenvalue weighted by atomic mass is 32.2. The van der Waals surface area contributed by atoms with Crippen LogP contribution in [0.3, 0.4) is 0 Å². The number of carbonyl (C=O) groups excluding carboxylic acids is 1. The molecule has 0 spiro atoms. The number of carbonyl (C=O) groups is 1. The molecule has 2 aliphatic heterocycles. The van der Waals surface area contributed by atoms with Gasteiger partial charge in [-0.25, -0.2) is 8.42 Å². The van der Waals surface area contributed by atoms with Crippen LogP contribution in [0.1, 0.15) is 11.1 Å². The second-order valence-electron chi connectivity index (χ2n) is 9.24. The van der Waals surface area contributed by atoms with Gasteiger partial charge < -0.3 is 19.3 Å². The first kappa shape index (κ1) is 25.0. The quantitative estimate of drug-likeness (QED) is 0.474. The van der Waals surface area contributed by atoms with Crippen molar-refractivity contribution in [1.82, 2.24) is 4.90 Å². The number of nitrogens with zero attached hydrogens (tertiary/aromatic N) is 3. The Hall–Kier alpha value is -3.72. The number of sulfonamides is 1. The number of para-hydroxylation sites is 1. The summed E-state index contributed by atoms with van der Waals surface area (Å²) in [5, 5.41) is 0. The summed E-state index contributed by atoms with van der Waals surface area (Å²) in [4.78, 5) is 17.1. The molecule has 3 aromatic carbocycles. The highest BCUT2D eigenvalue weighted by Gasteiger charge is 2.31. The first-order valence-corrected chi connectivity index (χ1v) is 13.8. The molecule has 1 fully saturated rings. The molecule has 0 aliphatic carbocycles. The van der Waals surface area contributed by atoms with Crippen LogP contribution in [0.25, 0.3) is 0 Å². The van der Waals surface area contributed by atoms with E-state index in [1.807, 2.05) is 48.5 Å². The maximum Gasteiger partial charge on any atom is 0.264 e. The number of fused-ring (bicyclic) bond motifs is 1. The van der Waals surface area contributed by atoms with Gasteiger partial charge in [0.05, 0.1) is 17.7 Å². The average molecular weight is 522 g/mol. The molecule has 8 nitrogen and oxygen atoms in total. The molecule has 0 atom stereocenters. The molecule has 0 saturated carbocycles. The lowest BCUT2D eigenvalue weighted by Gasteiger charge is -2.36. The number of rotatable bonds is 7. The van der Waals surface area contributed by atoms with Crippen LogP contribution in [0.2, 0.25) is 0 Å². The summed E-state index contributed by atoms with van der Waals surface area (Å²) in [5.41, 5.74) is 3.54. The third-order valence-corrected chi connectivity index (χ3v) is 8.81. The predicted molar refractivity (Wildman–Crippen MR) is 143 cm³/mol. The number of aryl methyl sites for hydroxylation is 1. The number of benzene rings is 3. The molecule has 1 saturated heterocycles. The van der Waals surface area contributed by atoms with Crippen molar-refractivity contribution < 1.29 is 22.7 Å². The van der Waals surface area contributed by atoms with Crippen LogP contribution < -0.4 is 18.7 Å². The van der Waals surface area contributed by atoms with E-state index in [0.29, 0.717) is 37.4 Å². The van der Waals surface area contributed by atoms with Gasteiger partial charge in [0, 0.05) is 38.4 Å². The Morgan fingerprint density at radius 1 is 0.919 bits per heavy atom. The Balaban J connectivity index is 1.17. The van der Waals surface area contributed by atoms with E-state index in [2.05, 4.69) is 4.90 Å². The Kier molecular flexibility index (Phi) is 6.97. The van der Waals surface area contributed by atoms with Gasteiger partial charge in [0.15, 0.2) is 6.61 Å². The fourth-order valence-corrected chi connectivity index (χ4v) is 6.46. The first-order chi connectivity index (χ1) is 17.9. The lowest BCUT2D eigenvalue weighted by molar-refractivity contribution is -0.133.